The molecule has 0 aliphatic heterocycles. The molecule has 3 rings (SSSR count). The number of aryl methyl sites for hydroxylation is 2. The van der Waals surface area contributed by atoms with Crippen molar-refractivity contribution in [3.8, 4) is 0 Å². The van der Waals surface area contributed by atoms with Crippen LogP contribution >= 0.6 is 0 Å². The zero-order valence-corrected chi connectivity index (χ0v) is 22.7. The molecule has 8 heteroatoms. The number of sulfonamides is 1. The second-order valence-electron chi connectivity index (χ2n) is 9.13. The van der Waals surface area contributed by atoms with Gasteiger partial charge in [-0.05, 0) is 57.0 Å². The average Bonchev–Trinajstić information content (AvgIpc) is 2.89. The second kappa shape index (κ2) is 12.5. The number of hydrogen-bond acceptors (Lipinski definition) is 4. The van der Waals surface area contributed by atoms with Gasteiger partial charge >= 0.3 is 0 Å². The SMILES string of the molecule is CCCNC(=O)[C@@H](C)N(Cc1ccccc1)C(=O)CN(c1ccc(C)cc1)S(=O)(=O)c1ccc(C)cc1. The lowest BCUT2D eigenvalue weighted by atomic mass is 10.1. The second-order valence-corrected chi connectivity index (χ2v) is 11.0. The summed E-state index contributed by atoms with van der Waals surface area (Å²) in [5.74, 6) is -0.756. The van der Waals surface area contributed by atoms with Crippen molar-refractivity contribution in [3.63, 3.8) is 0 Å². The molecule has 1 atom stereocenters. The average molecular weight is 522 g/mol. The summed E-state index contributed by atoms with van der Waals surface area (Å²) in [4.78, 5) is 28.2. The van der Waals surface area contributed by atoms with E-state index in [1.165, 1.54) is 4.90 Å². The first kappa shape index (κ1) is 27.9. The van der Waals surface area contributed by atoms with Gasteiger partial charge in [0.05, 0.1) is 10.6 Å². The zero-order valence-electron chi connectivity index (χ0n) is 21.8. The molecule has 0 aromatic heterocycles. The fourth-order valence-corrected chi connectivity index (χ4v) is 5.25. The summed E-state index contributed by atoms with van der Waals surface area (Å²) < 4.78 is 28.7. The minimum Gasteiger partial charge on any atom is -0.354 e. The van der Waals surface area contributed by atoms with Gasteiger partial charge in [0.15, 0.2) is 0 Å². The van der Waals surface area contributed by atoms with E-state index in [1.54, 1.807) is 55.5 Å². The van der Waals surface area contributed by atoms with Crippen molar-refractivity contribution in [1.29, 1.82) is 0 Å². The summed E-state index contributed by atoms with van der Waals surface area (Å²) in [6.45, 7) is 7.62. The highest BCUT2D eigenvalue weighted by atomic mass is 32.2. The van der Waals surface area contributed by atoms with Crippen molar-refractivity contribution in [2.45, 2.75) is 51.6 Å². The molecule has 0 bridgehead atoms. The highest BCUT2D eigenvalue weighted by Gasteiger charge is 2.32. The van der Waals surface area contributed by atoms with E-state index in [4.69, 9.17) is 0 Å². The Kier molecular flexibility index (Phi) is 9.47. The van der Waals surface area contributed by atoms with Crippen LogP contribution < -0.4 is 9.62 Å². The van der Waals surface area contributed by atoms with Crippen molar-refractivity contribution in [2.24, 2.45) is 0 Å². The molecule has 0 spiro atoms. The van der Waals surface area contributed by atoms with Gasteiger partial charge in [-0.1, -0.05) is 72.6 Å². The van der Waals surface area contributed by atoms with Crippen LogP contribution in [0.2, 0.25) is 0 Å². The topological polar surface area (TPSA) is 86.8 Å². The van der Waals surface area contributed by atoms with E-state index in [0.717, 1.165) is 27.4 Å². The summed E-state index contributed by atoms with van der Waals surface area (Å²) in [6, 6.07) is 22.1. The minimum atomic E-state index is -4.06. The van der Waals surface area contributed by atoms with Crippen LogP contribution in [0.3, 0.4) is 0 Å². The molecule has 3 aromatic rings. The number of carbonyl (C=O) groups is 2. The number of rotatable bonds is 11. The molecule has 196 valence electrons. The van der Waals surface area contributed by atoms with E-state index < -0.39 is 28.5 Å². The van der Waals surface area contributed by atoms with Gasteiger partial charge in [-0.15, -0.1) is 0 Å². The third-order valence-electron chi connectivity index (χ3n) is 6.12. The predicted octanol–water partition coefficient (Wildman–Crippen LogP) is 4.44. The fourth-order valence-electron chi connectivity index (χ4n) is 3.84. The van der Waals surface area contributed by atoms with Gasteiger partial charge in [0.2, 0.25) is 11.8 Å². The first-order valence-corrected chi connectivity index (χ1v) is 13.8. The maximum Gasteiger partial charge on any atom is 0.264 e. The molecule has 0 aliphatic carbocycles. The number of nitrogens with one attached hydrogen (secondary N) is 1. The molecule has 7 nitrogen and oxygen atoms in total. The standard InChI is InChI=1S/C29H35N3O4S/c1-5-19-30-29(34)24(4)31(20-25-9-7-6-8-10-25)28(33)21-32(26-15-11-22(2)12-16-26)37(35,36)27-17-13-23(3)14-18-27/h6-18,24H,5,19-21H2,1-4H3,(H,30,34)/t24-/m1/s1. The third-order valence-corrected chi connectivity index (χ3v) is 7.91. The molecule has 0 saturated heterocycles. The Morgan fingerprint density at radius 3 is 2.00 bits per heavy atom. The molecule has 0 saturated carbocycles. The molecular formula is C29H35N3O4S. The Balaban J connectivity index is 1.99. The Bertz CT molecular complexity index is 1290. The predicted molar refractivity (Wildman–Crippen MR) is 147 cm³/mol. The van der Waals surface area contributed by atoms with E-state index in [1.807, 2.05) is 51.1 Å². The summed E-state index contributed by atoms with van der Waals surface area (Å²) in [6.07, 6.45) is 0.765. The number of carbonyl (C=O) groups excluding carboxylic acids is 2. The van der Waals surface area contributed by atoms with Crippen molar-refractivity contribution in [1.82, 2.24) is 10.2 Å². The third kappa shape index (κ3) is 7.20. The van der Waals surface area contributed by atoms with Crippen molar-refractivity contribution in [3.05, 3.63) is 95.6 Å². The monoisotopic (exact) mass is 521 g/mol. The number of benzene rings is 3. The lowest BCUT2D eigenvalue weighted by molar-refractivity contribution is -0.139. The van der Waals surface area contributed by atoms with E-state index in [-0.39, 0.29) is 17.3 Å². The van der Waals surface area contributed by atoms with Crippen LogP contribution in [0.4, 0.5) is 5.69 Å². The molecule has 0 unspecified atom stereocenters. The number of hydrogen-bond donors (Lipinski definition) is 1. The van der Waals surface area contributed by atoms with Gasteiger partial charge in [0.25, 0.3) is 10.0 Å². The molecule has 2 amide bonds. The lowest BCUT2D eigenvalue weighted by Crippen LogP contribution is -2.51. The molecule has 0 heterocycles. The molecule has 0 fully saturated rings. The molecule has 0 radical (unpaired) electrons. The first-order valence-electron chi connectivity index (χ1n) is 12.4. The maximum atomic E-state index is 13.8. The Morgan fingerprint density at radius 2 is 1.43 bits per heavy atom. The van der Waals surface area contributed by atoms with Crippen LogP contribution in [0.25, 0.3) is 0 Å². The van der Waals surface area contributed by atoms with Crippen LogP contribution in [0.5, 0.6) is 0 Å². The summed E-state index contributed by atoms with van der Waals surface area (Å²) in [5.41, 5.74) is 3.11. The van der Waals surface area contributed by atoms with Gasteiger partial charge in [0.1, 0.15) is 12.6 Å². The van der Waals surface area contributed by atoms with Gasteiger partial charge in [0, 0.05) is 13.1 Å². The molecular weight excluding hydrogens is 486 g/mol. The molecule has 37 heavy (non-hydrogen) atoms. The smallest absolute Gasteiger partial charge is 0.264 e. The van der Waals surface area contributed by atoms with Crippen LogP contribution in [-0.4, -0.2) is 44.3 Å². The van der Waals surface area contributed by atoms with Crippen LogP contribution in [-0.2, 0) is 26.2 Å². The van der Waals surface area contributed by atoms with Crippen molar-refractivity contribution < 1.29 is 18.0 Å². The fraction of sp³-hybridized carbons (Fsp3) is 0.310. The van der Waals surface area contributed by atoms with Crippen molar-refractivity contribution in [2.75, 3.05) is 17.4 Å². The van der Waals surface area contributed by atoms with Gasteiger partial charge in [-0.3, -0.25) is 13.9 Å². The Hall–Kier alpha value is -3.65. The van der Waals surface area contributed by atoms with E-state index in [2.05, 4.69) is 5.32 Å². The van der Waals surface area contributed by atoms with Crippen LogP contribution in [0.15, 0.2) is 83.8 Å². The highest BCUT2D eigenvalue weighted by Crippen LogP contribution is 2.25. The summed E-state index contributed by atoms with van der Waals surface area (Å²) >= 11 is 0. The van der Waals surface area contributed by atoms with Gasteiger partial charge in [-0.2, -0.15) is 0 Å². The molecule has 0 aliphatic rings. The summed E-state index contributed by atoms with van der Waals surface area (Å²) in [7, 11) is -4.06. The number of anilines is 1. The van der Waals surface area contributed by atoms with Crippen LogP contribution in [0, 0.1) is 13.8 Å². The maximum absolute atomic E-state index is 13.8. The zero-order chi connectivity index (χ0) is 27.0. The number of amides is 2. The Labute approximate surface area is 220 Å². The molecule has 3 aromatic carbocycles. The number of nitrogens with zero attached hydrogens (tertiary/aromatic N) is 2. The summed E-state index contributed by atoms with van der Waals surface area (Å²) in [5, 5.41) is 2.84. The van der Waals surface area contributed by atoms with E-state index >= 15 is 0 Å². The molecule has 1 N–H and O–H groups in total. The van der Waals surface area contributed by atoms with Gasteiger partial charge in [-0.25, -0.2) is 8.42 Å². The lowest BCUT2D eigenvalue weighted by Gasteiger charge is -2.32. The van der Waals surface area contributed by atoms with E-state index in [0.29, 0.717) is 12.2 Å². The minimum absolute atomic E-state index is 0.0924. The van der Waals surface area contributed by atoms with Gasteiger partial charge < -0.3 is 10.2 Å². The normalized spacial score (nSPS) is 12.0. The highest BCUT2D eigenvalue weighted by molar-refractivity contribution is 7.92. The van der Waals surface area contributed by atoms with Crippen molar-refractivity contribution >= 4 is 27.5 Å². The Morgan fingerprint density at radius 1 is 0.865 bits per heavy atom. The first-order chi connectivity index (χ1) is 17.6. The van der Waals surface area contributed by atoms with E-state index in [9.17, 15) is 18.0 Å². The van der Waals surface area contributed by atoms with Crippen LogP contribution in [0.1, 0.15) is 37.0 Å². The quantitative estimate of drug-likeness (QED) is 0.404. The largest absolute Gasteiger partial charge is 0.354 e.